The molecule has 1 aliphatic carbocycles. The molecule has 2 nitrogen and oxygen atoms in total. The molecule has 4 heteroatoms. The van der Waals surface area contributed by atoms with Crippen molar-refractivity contribution in [1.29, 1.82) is 0 Å². The fourth-order valence-electron chi connectivity index (χ4n) is 3.49. The summed E-state index contributed by atoms with van der Waals surface area (Å²) >= 11 is 5.82. The van der Waals surface area contributed by atoms with E-state index in [-0.39, 0.29) is 16.9 Å². The Labute approximate surface area is 125 Å². The summed E-state index contributed by atoms with van der Waals surface area (Å²) in [5.41, 5.74) is 7.04. The Hall–Kier alpha value is -0.640. The van der Waals surface area contributed by atoms with Crippen molar-refractivity contribution in [2.45, 2.75) is 44.2 Å². The van der Waals surface area contributed by atoms with Crippen molar-refractivity contribution in [3.05, 3.63) is 34.6 Å². The van der Waals surface area contributed by atoms with Crippen LogP contribution in [-0.4, -0.2) is 24.0 Å². The average molecular weight is 297 g/mol. The molecule has 1 heterocycles. The number of nitrogens with zero attached hydrogens (tertiary/aromatic N) is 1. The molecule has 20 heavy (non-hydrogen) atoms. The van der Waals surface area contributed by atoms with Gasteiger partial charge in [-0.1, -0.05) is 24.1 Å². The predicted octanol–water partition coefficient (Wildman–Crippen LogP) is 3.74. The smallest absolute Gasteiger partial charge is 0.142 e. The van der Waals surface area contributed by atoms with Gasteiger partial charge in [-0.05, 0) is 62.4 Å². The number of nitrogens with two attached hydrogens (primary N) is 1. The van der Waals surface area contributed by atoms with Crippen molar-refractivity contribution >= 4 is 11.6 Å². The van der Waals surface area contributed by atoms with E-state index in [9.17, 15) is 4.39 Å². The van der Waals surface area contributed by atoms with Crippen molar-refractivity contribution < 1.29 is 4.39 Å². The first-order valence-electron chi connectivity index (χ1n) is 7.61. The van der Waals surface area contributed by atoms with Crippen molar-refractivity contribution in [3.8, 4) is 0 Å². The van der Waals surface area contributed by atoms with Crippen LogP contribution in [-0.2, 0) is 0 Å². The summed E-state index contributed by atoms with van der Waals surface area (Å²) in [5, 5.41) is 0.199. The molecule has 3 rings (SSSR count). The number of rotatable bonds is 3. The molecule has 1 aromatic rings. The van der Waals surface area contributed by atoms with E-state index < -0.39 is 0 Å². The van der Waals surface area contributed by atoms with Gasteiger partial charge in [-0.2, -0.15) is 0 Å². The van der Waals surface area contributed by atoms with Crippen LogP contribution in [0.2, 0.25) is 5.02 Å². The molecule has 1 aliphatic heterocycles. The predicted molar refractivity (Wildman–Crippen MR) is 80.3 cm³/mol. The van der Waals surface area contributed by atoms with Crippen molar-refractivity contribution in [3.63, 3.8) is 0 Å². The maximum Gasteiger partial charge on any atom is 0.142 e. The molecular formula is C16H22ClFN2. The van der Waals surface area contributed by atoms with Gasteiger partial charge in [0.1, 0.15) is 5.82 Å². The molecule has 2 fully saturated rings. The lowest BCUT2D eigenvalue weighted by Crippen LogP contribution is -2.37. The summed E-state index contributed by atoms with van der Waals surface area (Å²) in [6, 6.07) is 6.18. The van der Waals surface area contributed by atoms with Gasteiger partial charge in [-0.15, -0.1) is 0 Å². The Morgan fingerprint density at radius 1 is 1.25 bits per heavy atom. The van der Waals surface area contributed by atoms with Gasteiger partial charge in [-0.25, -0.2) is 4.39 Å². The highest BCUT2D eigenvalue weighted by Crippen LogP contribution is 2.42. The molecule has 0 bridgehead atoms. The third kappa shape index (κ3) is 2.85. The van der Waals surface area contributed by atoms with Crippen molar-refractivity contribution in [1.82, 2.24) is 4.90 Å². The fourth-order valence-corrected chi connectivity index (χ4v) is 3.61. The van der Waals surface area contributed by atoms with E-state index in [2.05, 4.69) is 4.90 Å². The van der Waals surface area contributed by atoms with Crippen LogP contribution in [0.4, 0.5) is 4.39 Å². The third-order valence-electron chi connectivity index (χ3n) is 4.65. The largest absolute Gasteiger partial charge is 0.330 e. The fraction of sp³-hybridized carbons (Fsp3) is 0.625. The lowest BCUT2D eigenvalue weighted by Gasteiger charge is -2.35. The first kappa shape index (κ1) is 14.3. The molecule has 2 atom stereocenters. The van der Waals surface area contributed by atoms with Crippen molar-refractivity contribution in [2.24, 2.45) is 11.7 Å². The van der Waals surface area contributed by atoms with E-state index in [1.54, 1.807) is 12.1 Å². The van der Waals surface area contributed by atoms with E-state index in [1.807, 2.05) is 6.07 Å². The van der Waals surface area contributed by atoms with Gasteiger partial charge in [0, 0.05) is 12.1 Å². The number of likely N-dealkylation sites (tertiary alicyclic amines) is 1. The van der Waals surface area contributed by atoms with E-state index in [4.69, 9.17) is 17.3 Å². The Kier molecular flexibility index (Phi) is 4.29. The second kappa shape index (κ2) is 6.00. The molecule has 0 amide bonds. The molecule has 1 saturated heterocycles. The molecule has 1 saturated carbocycles. The minimum Gasteiger partial charge on any atom is -0.330 e. The number of hydrogen-bond acceptors (Lipinski definition) is 2. The Morgan fingerprint density at radius 3 is 2.70 bits per heavy atom. The summed E-state index contributed by atoms with van der Waals surface area (Å²) in [6.45, 7) is 1.77. The van der Waals surface area contributed by atoms with Gasteiger partial charge < -0.3 is 5.73 Å². The van der Waals surface area contributed by atoms with Crippen LogP contribution in [0.25, 0.3) is 0 Å². The Balaban J connectivity index is 1.95. The highest BCUT2D eigenvalue weighted by molar-refractivity contribution is 6.30. The lowest BCUT2D eigenvalue weighted by atomic mass is 9.89. The molecule has 1 aromatic carbocycles. The molecule has 0 spiro atoms. The van der Waals surface area contributed by atoms with Crippen LogP contribution < -0.4 is 5.73 Å². The van der Waals surface area contributed by atoms with Gasteiger partial charge in [0.15, 0.2) is 0 Å². The topological polar surface area (TPSA) is 29.3 Å². The van der Waals surface area contributed by atoms with Crippen LogP contribution in [0.1, 0.15) is 43.7 Å². The molecule has 2 aliphatic rings. The van der Waals surface area contributed by atoms with Gasteiger partial charge in [0.05, 0.1) is 5.02 Å². The van der Waals surface area contributed by atoms with E-state index in [0.29, 0.717) is 18.5 Å². The van der Waals surface area contributed by atoms with E-state index >= 15 is 0 Å². The van der Waals surface area contributed by atoms with Crippen LogP contribution in [0.3, 0.4) is 0 Å². The normalized spacial score (nSPS) is 28.4. The molecule has 110 valence electrons. The molecule has 2 unspecified atom stereocenters. The monoisotopic (exact) mass is 296 g/mol. The van der Waals surface area contributed by atoms with Crippen LogP contribution >= 0.6 is 11.6 Å². The Morgan fingerprint density at radius 2 is 2.05 bits per heavy atom. The van der Waals surface area contributed by atoms with E-state index in [1.165, 1.54) is 25.7 Å². The quantitative estimate of drug-likeness (QED) is 0.920. The summed E-state index contributed by atoms with van der Waals surface area (Å²) in [7, 11) is 0. The molecule has 0 aromatic heterocycles. The first-order chi connectivity index (χ1) is 9.70. The maximum absolute atomic E-state index is 13.8. The molecule has 0 radical (unpaired) electrons. The van der Waals surface area contributed by atoms with Gasteiger partial charge in [-0.3, -0.25) is 4.90 Å². The van der Waals surface area contributed by atoms with Crippen LogP contribution in [0.5, 0.6) is 0 Å². The lowest BCUT2D eigenvalue weighted by molar-refractivity contribution is 0.149. The molecular weight excluding hydrogens is 275 g/mol. The minimum atomic E-state index is -0.320. The van der Waals surface area contributed by atoms with E-state index in [0.717, 1.165) is 18.5 Å². The second-order valence-corrected chi connectivity index (χ2v) is 6.49. The summed E-state index contributed by atoms with van der Waals surface area (Å²) in [6.07, 6.45) is 6.11. The zero-order valence-electron chi connectivity index (χ0n) is 11.7. The SMILES string of the molecule is NCC1CCCCN(C2CC2)C1c1ccc(Cl)c(F)c1. The molecule has 2 N–H and O–H groups in total. The summed E-state index contributed by atoms with van der Waals surface area (Å²) in [5.74, 6) is 0.0959. The van der Waals surface area contributed by atoms with Crippen LogP contribution in [0, 0.1) is 11.7 Å². The van der Waals surface area contributed by atoms with Crippen molar-refractivity contribution in [2.75, 3.05) is 13.1 Å². The first-order valence-corrected chi connectivity index (χ1v) is 7.99. The highest BCUT2D eigenvalue weighted by atomic mass is 35.5. The number of halogens is 2. The zero-order valence-corrected chi connectivity index (χ0v) is 12.5. The second-order valence-electron chi connectivity index (χ2n) is 6.08. The van der Waals surface area contributed by atoms with Gasteiger partial charge in [0.25, 0.3) is 0 Å². The van der Waals surface area contributed by atoms with Crippen LogP contribution in [0.15, 0.2) is 18.2 Å². The standard InChI is InChI=1S/C16H22ClFN2/c17-14-7-4-11(9-15(14)18)16-12(10-19)3-1-2-8-20(16)13-5-6-13/h4,7,9,12-13,16H,1-3,5-6,8,10,19H2. The maximum atomic E-state index is 13.8. The number of hydrogen-bond donors (Lipinski definition) is 1. The van der Waals surface area contributed by atoms with Gasteiger partial charge >= 0.3 is 0 Å². The zero-order chi connectivity index (χ0) is 14.1. The highest BCUT2D eigenvalue weighted by Gasteiger charge is 2.38. The van der Waals surface area contributed by atoms with Gasteiger partial charge in [0.2, 0.25) is 0 Å². The summed E-state index contributed by atoms with van der Waals surface area (Å²) in [4.78, 5) is 2.56. The Bertz CT molecular complexity index is 476. The third-order valence-corrected chi connectivity index (χ3v) is 4.96. The minimum absolute atomic E-state index is 0.199. The average Bonchev–Trinajstić information content (AvgIpc) is 3.26. The summed E-state index contributed by atoms with van der Waals surface area (Å²) < 4.78 is 13.8. The number of benzene rings is 1.